The average molecular weight is 458 g/mol. The lowest BCUT2D eigenvalue weighted by Crippen LogP contribution is -2.31. The maximum atomic E-state index is 13.4. The van der Waals surface area contributed by atoms with Crippen LogP contribution in [-0.2, 0) is 17.7 Å². The Hall–Kier alpha value is -2.34. The molecule has 31 heavy (non-hydrogen) atoms. The van der Waals surface area contributed by atoms with Gasteiger partial charge in [-0.2, -0.15) is 0 Å². The molecule has 1 aliphatic carbocycles. The summed E-state index contributed by atoms with van der Waals surface area (Å²) in [4.78, 5) is 18.0. The number of nitrogens with zero attached hydrogens (tertiary/aromatic N) is 2. The molecular formula is C24H25Cl2N3O2. The van der Waals surface area contributed by atoms with Gasteiger partial charge in [-0.25, -0.2) is 4.98 Å². The second-order valence-electron chi connectivity index (χ2n) is 7.59. The number of fused-ring (bicyclic) bond motifs is 1. The van der Waals surface area contributed by atoms with Crippen molar-refractivity contribution in [3.8, 4) is 11.3 Å². The van der Waals surface area contributed by atoms with E-state index in [4.69, 9.17) is 27.9 Å². The Balaban J connectivity index is 1.79. The topological polar surface area (TPSA) is 56.1 Å². The van der Waals surface area contributed by atoms with Crippen LogP contribution in [0, 0.1) is 6.92 Å². The summed E-state index contributed by atoms with van der Waals surface area (Å²) in [6.07, 6.45) is 0.829. The number of ether oxygens (including phenoxy) is 1. The maximum absolute atomic E-state index is 13.4. The molecule has 0 amide bonds. The summed E-state index contributed by atoms with van der Waals surface area (Å²) < 4.78 is 7.75. The van der Waals surface area contributed by atoms with Gasteiger partial charge in [0.05, 0.1) is 22.9 Å². The molecule has 0 spiro atoms. The maximum Gasteiger partial charge on any atom is 0.278 e. The second-order valence-corrected chi connectivity index (χ2v) is 8.43. The van der Waals surface area contributed by atoms with Crippen molar-refractivity contribution in [2.75, 3.05) is 11.9 Å². The van der Waals surface area contributed by atoms with E-state index < -0.39 is 0 Å². The Bertz CT molecular complexity index is 1180. The number of rotatable bonds is 6. The first kappa shape index (κ1) is 21.9. The van der Waals surface area contributed by atoms with Crippen molar-refractivity contribution >= 4 is 29.0 Å². The Morgan fingerprint density at radius 1 is 1.19 bits per heavy atom. The summed E-state index contributed by atoms with van der Waals surface area (Å²) in [7, 11) is 0. The molecule has 1 N–H and O–H groups in total. The van der Waals surface area contributed by atoms with Crippen LogP contribution in [0.2, 0.25) is 10.0 Å². The van der Waals surface area contributed by atoms with E-state index in [1.807, 2.05) is 32.9 Å². The van der Waals surface area contributed by atoms with Crippen LogP contribution in [0.5, 0.6) is 0 Å². The summed E-state index contributed by atoms with van der Waals surface area (Å²) in [5.41, 5.74) is 3.88. The SMILES string of the molecule is CCO[C@H]1Cc2ccccc2C1Nc1c(C)nc(-c2ccc(Cl)cc2Cl)c(=O)n1CC. The van der Waals surface area contributed by atoms with Gasteiger partial charge in [0.2, 0.25) is 0 Å². The summed E-state index contributed by atoms with van der Waals surface area (Å²) in [6, 6.07) is 13.3. The van der Waals surface area contributed by atoms with Gasteiger partial charge in [0.1, 0.15) is 11.5 Å². The minimum absolute atomic E-state index is 0.00686. The van der Waals surface area contributed by atoms with Crippen molar-refractivity contribution in [3.05, 3.63) is 79.7 Å². The van der Waals surface area contributed by atoms with Crippen molar-refractivity contribution in [2.45, 2.75) is 45.9 Å². The Kier molecular flexibility index (Phi) is 6.37. The van der Waals surface area contributed by atoms with Crippen LogP contribution < -0.4 is 10.9 Å². The van der Waals surface area contributed by atoms with Crippen LogP contribution >= 0.6 is 23.2 Å². The number of hydrogen-bond acceptors (Lipinski definition) is 4. The van der Waals surface area contributed by atoms with E-state index in [-0.39, 0.29) is 17.7 Å². The highest BCUT2D eigenvalue weighted by Crippen LogP contribution is 2.36. The van der Waals surface area contributed by atoms with E-state index in [2.05, 4.69) is 22.4 Å². The summed E-state index contributed by atoms with van der Waals surface area (Å²) in [5, 5.41) is 4.50. The quantitative estimate of drug-likeness (QED) is 0.518. The van der Waals surface area contributed by atoms with E-state index in [0.717, 1.165) is 12.1 Å². The molecule has 5 nitrogen and oxygen atoms in total. The molecule has 1 heterocycles. The highest BCUT2D eigenvalue weighted by atomic mass is 35.5. The molecule has 162 valence electrons. The van der Waals surface area contributed by atoms with Crippen LogP contribution in [0.25, 0.3) is 11.3 Å². The smallest absolute Gasteiger partial charge is 0.278 e. The largest absolute Gasteiger partial charge is 0.376 e. The van der Waals surface area contributed by atoms with E-state index in [9.17, 15) is 4.79 Å². The minimum atomic E-state index is -0.195. The third kappa shape index (κ3) is 4.10. The third-order valence-corrected chi connectivity index (χ3v) is 6.25. The lowest BCUT2D eigenvalue weighted by molar-refractivity contribution is 0.0572. The van der Waals surface area contributed by atoms with Gasteiger partial charge >= 0.3 is 0 Å². The number of aryl methyl sites for hydroxylation is 1. The van der Waals surface area contributed by atoms with Crippen LogP contribution in [0.4, 0.5) is 5.82 Å². The molecule has 1 aliphatic rings. The van der Waals surface area contributed by atoms with E-state index >= 15 is 0 Å². The molecule has 1 aromatic heterocycles. The van der Waals surface area contributed by atoms with Gasteiger partial charge in [-0.15, -0.1) is 0 Å². The third-order valence-electron chi connectivity index (χ3n) is 5.70. The van der Waals surface area contributed by atoms with Crippen molar-refractivity contribution in [1.29, 1.82) is 0 Å². The fraction of sp³-hybridized carbons (Fsp3) is 0.333. The van der Waals surface area contributed by atoms with Gasteiger partial charge in [-0.05, 0) is 50.1 Å². The number of halogens is 2. The van der Waals surface area contributed by atoms with Crippen LogP contribution in [0.3, 0.4) is 0 Å². The van der Waals surface area contributed by atoms with Gasteiger partial charge < -0.3 is 10.1 Å². The summed E-state index contributed by atoms with van der Waals surface area (Å²) in [6.45, 7) is 6.97. The molecule has 0 aliphatic heterocycles. The van der Waals surface area contributed by atoms with Gasteiger partial charge in [0.15, 0.2) is 0 Å². The van der Waals surface area contributed by atoms with Crippen LogP contribution in [0.15, 0.2) is 47.3 Å². The lowest BCUT2D eigenvalue weighted by atomic mass is 10.1. The number of nitrogens with one attached hydrogen (secondary N) is 1. The van der Waals surface area contributed by atoms with Gasteiger partial charge in [-0.1, -0.05) is 47.5 Å². The zero-order valence-corrected chi connectivity index (χ0v) is 19.3. The predicted octanol–water partition coefficient (Wildman–Crippen LogP) is 5.66. The van der Waals surface area contributed by atoms with Crippen LogP contribution in [0.1, 0.15) is 36.7 Å². The van der Waals surface area contributed by atoms with Crippen LogP contribution in [-0.4, -0.2) is 22.3 Å². The molecule has 0 bridgehead atoms. The van der Waals surface area contributed by atoms with Gasteiger partial charge in [0.25, 0.3) is 5.56 Å². The molecule has 0 saturated carbocycles. The standard InChI is InChI=1S/C24H25Cl2N3O2/c1-4-29-23(28-21-17-9-7-6-8-15(17)12-20(21)31-5-2)14(3)27-22(24(29)30)18-11-10-16(25)13-19(18)26/h6-11,13,20-21,28H,4-5,12H2,1-3H3/t20-,21?/m0/s1. The summed E-state index contributed by atoms with van der Waals surface area (Å²) >= 11 is 12.4. The normalized spacial score (nSPS) is 17.6. The number of anilines is 1. The Labute approximate surface area is 192 Å². The lowest BCUT2D eigenvalue weighted by Gasteiger charge is -2.26. The number of aromatic nitrogens is 2. The van der Waals surface area contributed by atoms with Crippen molar-refractivity contribution in [3.63, 3.8) is 0 Å². The molecule has 2 atom stereocenters. The summed E-state index contributed by atoms with van der Waals surface area (Å²) in [5.74, 6) is 0.702. The Morgan fingerprint density at radius 3 is 2.68 bits per heavy atom. The molecule has 2 aromatic carbocycles. The second kappa shape index (κ2) is 9.03. The molecular weight excluding hydrogens is 433 g/mol. The highest BCUT2D eigenvalue weighted by Gasteiger charge is 2.34. The molecule has 0 radical (unpaired) electrons. The zero-order chi connectivity index (χ0) is 22.1. The molecule has 3 aromatic rings. The Morgan fingerprint density at radius 2 is 1.97 bits per heavy atom. The van der Waals surface area contributed by atoms with Gasteiger partial charge in [-0.3, -0.25) is 9.36 Å². The molecule has 4 rings (SSSR count). The first-order chi connectivity index (χ1) is 14.9. The highest BCUT2D eigenvalue weighted by molar-refractivity contribution is 6.36. The van der Waals surface area contributed by atoms with E-state index in [1.54, 1.807) is 22.8 Å². The first-order valence-electron chi connectivity index (χ1n) is 10.5. The van der Waals surface area contributed by atoms with Crippen molar-refractivity contribution in [2.24, 2.45) is 0 Å². The molecule has 0 fully saturated rings. The number of benzene rings is 2. The predicted molar refractivity (Wildman–Crippen MR) is 126 cm³/mol. The first-order valence-corrected chi connectivity index (χ1v) is 11.2. The fourth-order valence-electron chi connectivity index (χ4n) is 4.28. The van der Waals surface area contributed by atoms with Crippen molar-refractivity contribution in [1.82, 2.24) is 9.55 Å². The molecule has 7 heteroatoms. The minimum Gasteiger partial charge on any atom is -0.376 e. The number of hydrogen-bond donors (Lipinski definition) is 1. The molecule has 0 saturated heterocycles. The van der Waals surface area contributed by atoms with E-state index in [1.165, 1.54) is 11.1 Å². The van der Waals surface area contributed by atoms with Gasteiger partial charge in [0, 0.05) is 30.2 Å². The zero-order valence-electron chi connectivity index (χ0n) is 17.8. The fourth-order valence-corrected chi connectivity index (χ4v) is 4.78. The average Bonchev–Trinajstić information content (AvgIpc) is 3.08. The van der Waals surface area contributed by atoms with Crippen molar-refractivity contribution < 1.29 is 4.74 Å². The molecule has 1 unspecified atom stereocenters. The monoisotopic (exact) mass is 457 g/mol. The van der Waals surface area contributed by atoms with E-state index in [0.29, 0.717) is 40.3 Å².